The number of carbonyl (C=O) groups excluding carboxylic acids is 1. The van der Waals surface area contributed by atoms with Gasteiger partial charge < -0.3 is 15.3 Å². The van der Waals surface area contributed by atoms with E-state index < -0.39 is 11.9 Å². The highest BCUT2D eigenvalue weighted by atomic mass is 16.4. The first kappa shape index (κ1) is 14.1. The first-order valence-corrected chi connectivity index (χ1v) is 7.50. The van der Waals surface area contributed by atoms with Gasteiger partial charge in [-0.3, -0.25) is 9.59 Å². The SMILES string of the molecule is O=C(O)[C@H]1CCCN(C(=O)c2cccc3c2CCNC3)C1. The second kappa shape index (κ2) is 5.85. The molecule has 2 aliphatic heterocycles. The van der Waals surface area contributed by atoms with E-state index in [2.05, 4.69) is 11.4 Å². The van der Waals surface area contributed by atoms with E-state index in [4.69, 9.17) is 5.11 Å². The van der Waals surface area contributed by atoms with Crippen molar-refractivity contribution >= 4 is 11.9 Å². The van der Waals surface area contributed by atoms with Gasteiger partial charge in [0.2, 0.25) is 0 Å². The normalized spacial score (nSPS) is 21.7. The summed E-state index contributed by atoms with van der Waals surface area (Å²) >= 11 is 0. The molecule has 2 N–H and O–H groups in total. The van der Waals surface area contributed by atoms with Gasteiger partial charge in [0.25, 0.3) is 5.91 Å². The van der Waals surface area contributed by atoms with Crippen LogP contribution in [0.5, 0.6) is 0 Å². The maximum absolute atomic E-state index is 12.8. The standard InChI is InChI=1S/C16H20N2O3/c19-15(18-8-2-4-12(10-18)16(20)21)14-5-1-3-11-9-17-7-6-13(11)14/h1,3,5,12,17H,2,4,6-10H2,(H,20,21)/t12-/m0/s1. The molecule has 1 saturated heterocycles. The number of carboxylic acid groups (broad SMARTS) is 1. The van der Waals surface area contributed by atoms with Gasteiger partial charge in [-0.1, -0.05) is 12.1 Å². The van der Waals surface area contributed by atoms with Gasteiger partial charge in [-0.05, 0) is 43.0 Å². The smallest absolute Gasteiger partial charge is 0.308 e. The Bertz CT molecular complexity index is 571. The van der Waals surface area contributed by atoms with Gasteiger partial charge in [0, 0.05) is 25.2 Å². The minimum Gasteiger partial charge on any atom is -0.481 e. The van der Waals surface area contributed by atoms with E-state index in [-0.39, 0.29) is 5.91 Å². The monoisotopic (exact) mass is 288 g/mol. The number of nitrogens with one attached hydrogen (secondary N) is 1. The van der Waals surface area contributed by atoms with Gasteiger partial charge >= 0.3 is 5.97 Å². The van der Waals surface area contributed by atoms with Crippen molar-refractivity contribution in [2.75, 3.05) is 19.6 Å². The number of hydrogen-bond donors (Lipinski definition) is 2. The molecule has 0 saturated carbocycles. The zero-order valence-electron chi connectivity index (χ0n) is 12.0. The zero-order valence-corrected chi connectivity index (χ0v) is 12.0. The molecular formula is C16H20N2O3. The van der Waals surface area contributed by atoms with E-state index in [1.54, 1.807) is 4.90 Å². The van der Waals surface area contributed by atoms with Gasteiger partial charge in [-0.25, -0.2) is 0 Å². The first-order chi connectivity index (χ1) is 10.2. The fourth-order valence-electron chi connectivity index (χ4n) is 3.27. The molecule has 1 atom stereocenters. The molecule has 1 amide bonds. The number of benzene rings is 1. The molecule has 0 aromatic heterocycles. The molecule has 21 heavy (non-hydrogen) atoms. The fourth-order valence-corrected chi connectivity index (χ4v) is 3.27. The van der Waals surface area contributed by atoms with Crippen molar-refractivity contribution < 1.29 is 14.7 Å². The highest BCUT2D eigenvalue weighted by Gasteiger charge is 2.30. The number of aliphatic carboxylic acids is 1. The van der Waals surface area contributed by atoms with Crippen molar-refractivity contribution in [1.82, 2.24) is 10.2 Å². The largest absolute Gasteiger partial charge is 0.481 e. The molecule has 3 rings (SSSR count). The lowest BCUT2D eigenvalue weighted by molar-refractivity contribution is -0.143. The second-order valence-electron chi connectivity index (χ2n) is 5.80. The van der Waals surface area contributed by atoms with Crippen molar-refractivity contribution in [1.29, 1.82) is 0 Å². The minimum atomic E-state index is -0.799. The van der Waals surface area contributed by atoms with E-state index >= 15 is 0 Å². The Hall–Kier alpha value is -1.88. The number of hydrogen-bond acceptors (Lipinski definition) is 3. The molecule has 5 nitrogen and oxygen atoms in total. The number of nitrogens with zero attached hydrogens (tertiary/aromatic N) is 1. The summed E-state index contributed by atoms with van der Waals surface area (Å²) in [5.74, 6) is -1.24. The molecule has 1 fully saturated rings. The quantitative estimate of drug-likeness (QED) is 0.860. The Morgan fingerprint density at radius 3 is 3.00 bits per heavy atom. The van der Waals surface area contributed by atoms with Gasteiger partial charge in [-0.2, -0.15) is 0 Å². The van der Waals surface area contributed by atoms with Crippen LogP contribution in [0.2, 0.25) is 0 Å². The van der Waals surface area contributed by atoms with Gasteiger partial charge in [-0.15, -0.1) is 0 Å². The van der Waals surface area contributed by atoms with E-state index in [1.165, 1.54) is 5.56 Å². The van der Waals surface area contributed by atoms with Crippen LogP contribution in [-0.2, 0) is 17.8 Å². The highest BCUT2D eigenvalue weighted by molar-refractivity contribution is 5.96. The van der Waals surface area contributed by atoms with E-state index in [9.17, 15) is 9.59 Å². The Kier molecular flexibility index (Phi) is 3.92. The summed E-state index contributed by atoms with van der Waals surface area (Å²) in [6.45, 7) is 2.67. The predicted molar refractivity (Wildman–Crippen MR) is 78.1 cm³/mol. The van der Waals surface area contributed by atoms with Gasteiger partial charge in [0.05, 0.1) is 5.92 Å². The van der Waals surface area contributed by atoms with Crippen LogP contribution in [0.15, 0.2) is 18.2 Å². The molecular weight excluding hydrogens is 268 g/mol. The molecule has 112 valence electrons. The summed E-state index contributed by atoms with van der Waals surface area (Å²) in [6.07, 6.45) is 2.28. The van der Waals surface area contributed by atoms with Crippen LogP contribution in [0, 0.1) is 5.92 Å². The van der Waals surface area contributed by atoms with E-state index in [0.717, 1.165) is 37.1 Å². The lowest BCUT2D eigenvalue weighted by Gasteiger charge is -2.32. The Morgan fingerprint density at radius 1 is 1.33 bits per heavy atom. The van der Waals surface area contributed by atoms with Crippen LogP contribution in [0.3, 0.4) is 0 Å². The molecule has 0 aliphatic carbocycles. The van der Waals surface area contributed by atoms with Crippen LogP contribution in [0.1, 0.15) is 34.3 Å². The molecule has 2 heterocycles. The van der Waals surface area contributed by atoms with Gasteiger partial charge in [0.15, 0.2) is 0 Å². The number of rotatable bonds is 2. The molecule has 5 heteroatoms. The van der Waals surface area contributed by atoms with Crippen LogP contribution in [-0.4, -0.2) is 41.5 Å². The van der Waals surface area contributed by atoms with Crippen molar-refractivity contribution in [2.24, 2.45) is 5.92 Å². The zero-order chi connectivity index (χ0) is 14.8. The number of likely N-dealkylation sites (tertiary alicyclic amines) is 1. The lowest BCUT2D eigenvalue weighted by atomic mass is 9.93. The second-order valence-corrected chi connectivity index (χ2v) is 5.80. The topological polar surface area (TPSA) is 69.6 Å². The molecule has 0 spiro atoms. The molecule has 0 unspecified atom stereocenters. The highest BCUT2D eigenvalue weighted by Crippen LogP contribution is 2.23. The number of amides is 1. The van der Waals surface area contributed by atoms with E-state index in [1.807, 2.05) is 12.1 Å². The summed E-state index contributed by atoms with van der Waals surface area (Å²) in [7, 11) is 0. The number of carbonyl (C=O) groups is 2. The summed E-state index contributed by atoms with van der Waals surface area (Å²) < 4.78 is 0. The first-order valence-electron chi connectivity index (χ1n) is 7.50. The van der Waals surface area contributed by atoms with Crippen molar-refractivity contribution in [3.8, 4) is 0 Å². The lowest BCUT2D eigenvalue weighted by Crippen LogP contribution is -2.43. The molecule has 1 aromatic rings. The third-order valence-corrected chi connectivity index (χ3v) is 4.43. The molecule has 2 aliphatic rings. The maximum Gasteiger partial charge on any atom is 0.308 e. The van der Waals surface area contributed by atoms with Crippen LogP contribution < -0.4 is 5.32 Å². The fraction of sp³-hybridized carbons (Fsp3) is 0.500. The van der Waals surface area contributed by atoms with Crippen molar-refractivity contribution in [2.45, 2.75) is 25.8 Å². The Labute approximate surface area is 123 Å². The Balaban J connectivity index is 1.83. The van der Waals surface area contributed by atoms with Crippen molar-refractivity contribution in [3.63, 3.8) is 0 Å². The minimum absolute atomic E-state index is 0.0142. The number of carboxylic acids is 1. The van der Waals surface area contributed by atoms with Crippen LogP contribution in [0.25, 0.3) is 0 Å². The summed E-state index contributed by atoms with van der Waals surface area (Å²) in [5.41, 5.74) is 3.05. The van der Waals surface area contributed by atoms with E-state index in [0.29, 0.717) is 19.5 Å². The number of piperidine rings is 1. The van der Waals surface area contributed by atoms with Gasteiger partial charge in [0.1, 0.15) is 0 Å². The average Bonchev–Trinajstić information content (AvgIpc) is 2.53. The molecule has 0 bridgehead atoms. The van der Waals surface area contributed by atoms with Crippen LogP contribution in [0.4, 0.5) is 0 Å². The average molecular weight is 288 g/mol. The third-order valence-electron chi connectivity index (χ3n) is 4.43. The predicted octanol–water partition coefficient (Wildman–Crippen LogP) is 1.27. The molecule has 0 radical (unpaired) electrons. The summed E-state index contributed by atoms with van der Waals surface area (Å²) in [4.78, 5) is 25.6. The maximum atomic E-state index is 12.8. The number of fused-ring (bicyclic) bond motifs is 1. The van der Waals surface area contributed by atoms with Crippen LogP contribution >= 0.6 is 0 Å². The third kappa shape index (κ3) is 2.78. The summed E-state index contributed by atoms with van der Waals surface area (Å²) in [5, 5.41) is 12.5. The Morgan fingerprint density at radius 2 is 2.19 bits per heavy atom. The molecule has 1 aromatic carbocycles. The summed E-state index contributed by atoms with van der Waals surface area (Å²) in [6, 6.07) is 5.84. The van der Waals surface area contributed by atoms with Crippen molar-refractivity contribution in [3.05, 3.63) is 34.9 Å².